The molecule has 0 unspecified atom stereocenters. The number of likely N-dealkylation sites (tertiary alicyclic amines) is 1. The summed E-state index contributed by atoms with van der Waals surface area (Å²) in [6.45, 7) is 5.62. The number of carbonyl (C=O) groups is 1. The molecule has 152 valence electrons. The van der Waals surface area contributed by atoms with Gasteiger partial charge in [0.25, 0.3) is 5.91 Å². The Morgan fingerprint density at radius 1 is 1.28 bits per heavy atom. The highest BCUT2D eigenvalue weighted by Crippen LogP contribution is 2.22. The summed E-state index contributed by atoms with van der Waals surface area (Å²) in [7, 11) is 0. The third-order valence-corrected chi connectivity index (χ3v) is 5.93. The summed E-state index contributed by atoms with van der Waals surface area (Å²) >= 11 is 1.44. The molecule has 1 N–H and O–H groups in total. The van der Waals surface area contributed by atoms with Crippen LogP contribution in [0.3, 0.4) is 0 Å². The van der Waals surface area contributed by atoms with Crippen molar-refractivity contribution in [3.63, 3.8) is 0 Å². The number of amides is 1. The Morgan fingerprint density at radius 3 is 2.86 bits per heavy atom. The first-order valence-electron chi connectivity index (χ1n) is 9.89. The minimum Gasteiger partial charge on any atom is -0.489 e. The van der Waals surface area contributed by atoms with Crippen LogP contribution in [-0.2, 0) is 13.2 Å². The van der Waals surface area contributed by atoms with Crippen LogP contribution < -0.4 is 10.1 Å². The largest absolute Gasteiger partial charge is 0.489 e. The molecule has 1 fully saturated rings. The zero-order chi connectivity index (χ0) is 20.1. The Morgan fingerprint density at radius 2 is 2.07 bits per heavy atom. The zero-order valence-electron chi connectivity index (χ0n) is 16.5. The quantitative estimate of drug-likeness (QED) is 0.605. The van der Waals surface area contributed by atoms with E-state index in [1.807, 2.05) is 35.7 Å². The van der Waals surface area contributed by atoms with Crippen LogP contribution >= 0.6 is 11.3 Å². The van der Waals surface area contributed by atoms with Crippen LogP contribution in [0.15, 0.2) is 52.5 Å². The van der Waals surface area contributed by atoms with Crippen molar-refractivity contribution in [3.8, 4) is 5.75 Å². The predicted molar refractivity (Wildman–Crippen MR) is 113 cm³/mol. The molecular formula is C22H25N3O3S. The van der Waals surface area contributed by atoms with Crippen molar-refractivity contribution in [2.75, 3.05) is 18.4 Å². The Bertz CT molecular complexity index is 930. The lowest BCUT2D eigenvalue weighted by molar-refractivity contribution is 0.0993. The Hall–Kier alpha value is -2.64. The lowest BCUT2D eigenvalue weighted by Gasteiger charge is -2.29. The number of hydrogen-bond acceptors (Lipinski definition) is 6. The molecule has 1 saturated heterocycles. The molecule has 0 atom stereocenters. The summed E-state index contributed by atoms with van der Waals surface area (Å²) in [5, 5.41) is 5.44. The van der Waals surface area contributed by atoms with Gasteiger partial charge in [-0.05, 0) is 50.0 Å². The molecule has 1 aromatic carbocycles. The number of para-hydroxylation sites is 1. The summed E-state index contributed by atoms with van der Waals surface area (Å²) in [6.07, 6.45) is 3.98. The molecule has 7 heteroatoms. The number of piperidine rings is 1. The average molecular weight is 412 g/mol. The smallest absolute Gasteiger partial charge is 0.293 e. The van der Waals surface area contributed by atoms with Gasteiger partial charge in [0.05, 0.1) is 12.0 Å². The fraction of sp³-hybridized carbons (Fsp3) is 0.364. The molecule has 1 amide bonds. The lowest BCUT2D eigenvalue weighted by atomic mass is 9.99. The average Bonchev–Trinajstić information content (AvgIpc) is 3.38. The Kier molecular flexibility index (Phi) is 6.27. The fourth-order valence-electron chi connectivity index (χ4n) is 3.37. The van der Waals surface area contributed by atoms with Gasteiger partial charge in [-0.1, -0.05) is 25.1 Å². The molecule has 29 heavy (non-hydrogen) atoms. The van der Waals surface area contributed by atoms with Crippen LogP contribution in [0, 0.1) is 5.92 Å². The SMILES string of the molecule is CC1CCN(Cc2csc(NC(=O)c3occc3COc3ccccc3)n2)CC1. The van der Waals surface area contributed by atoms with Crippen LogP contribution in [0.5, 0.6) is 5.75 Å². The predicted octanol–water partition coefficient (Wildman–Crippen LogP) is 4.80. The van der Waals surface area contributed by atoms with E-state index in [2.05, 4.69) is 22.1 Å². The van der Waals surface area contributed by atoms with Gasteiger partial charge in [-0.3, -0.25) is 15.0 Å². The number of furan rings is 1. The van der Waals surface area contributed by atoms with Gasteiger partial charge in [-0.25, -0.2) is 4.98 Å². The number of rotatable bonds is 7. The maximum Gasteiger partial charge on any atom is 0.293 e. The van der Waals surface area contributed by atoms with Crippen molar-refractivity contribution >= 4 is 22.4 Å². The Balaban J connectivity index is 1.33. The number of thiazole rings is 1. The van der Waals surface area contributed by atoms with Gasteiger partial charge >= 0.3 is 0 Å². The van der Waals surface area contributed by atoms with E-state index >= 15 is 0 Å². The van der Waals surface area contributed by atoms with Gasteiger partial charge in [0, 0.05) is 17.5 Å². The van der Waals surface area contributed by atoms with Crippen molar-refractivity contribution in [1.29, 1.82) is 0 Å². The van der Waals surface area contributed by atoms with Crippen LogP contribution in [-0.4, -0.2) is 28.9 Å². The normalized spacial score (nSPS) is 15.3. The van der Waals surface area contributed by atoms with E-state index in [-0.39, 0.29) is 18.3 Å². The molecule has 1 aliphatic rings. The van der Waals surface area contributed by atoms with Crippen molar-refractivity contribution < 1.29 is 13.9 Å². The topological polar surface area (TPSA) is 67.6 Å². The number of benzene rings is 1. The van der Waals surface area contributed by atoms with Crippen LogP contribution in [0.1, 0.15) is 41.6 Å². The zero-order valence-corrected chi connectivity index (χ0v) is 17.3. The first-order valence-corrected chi connectivity index (χ1v) is 10.8. The van der Waals surface area contributed by atoms with Crippen LogP contribution in [0.25, 0.3) is 0 Å². The van der Waals surface area contributed by atoms with Crippen molar-refractivity contribution in [3.05, 3.63) is 65.1 Å². The number of nitrogens with one attached hydrogen (secondary N) is 1. The van der Waals surface area contributed by atoms with Crippen LogP contribution in [0.4, 0.5) is 5.13 Å². The van der Waals surface area contributed by atoms with Gasteiger partial charge < -0.3 is 9.15 Å². The summed E-state index contributed by atoms with van der Waals surface area (Å²) < 4.78 is 11.1. The van der Waals surface area contributed by atoms with Gasteiger partial charge in [0.1, 0.15) is 12.4 Å². The van der Waals surface area contributed by atoms with E-state index < -0.39 is 0 Å². The van der Waals surface area contributed by atoms with Gasteiger partial charge in [0.15, 0.2) is 10.9 Å². The minimum atomic E-state index is -0.311. The molecule has 0 bridgehead atoms. The third-order valence-electron chi connectivity index (χ3n) is 5.12. The number of hydrogen-bond donors (Lipinski definition) is 1. The summed E-state index contributed by atoms with van der Waals surface area (Å²) in [5.74, 6) is 1.50. The number of nitrogens with zero attached hydrogens (tertiary/aromatic N) is 2. The number of anilines is 1. The number of carbonyl (C=O) groups excluding carboxylic acids is 1. The molecule has 2 aromatic heterocycles. The second-order valence-corrected chi connectivity index (χ2v) is 8.29. The highest BCUT2D eigenvalue weighted by atomic mass is 32.1. The minimum absolute atomic E-state index is 0.252. The molecule has 0 aliphatic carbocycles. The van der Waals surface area contributed by atoms with E-state index in [9.17, 15) is 4.79 Å². The number of aromatic nitrogens is 1. The van der Waals surface area contributed by atoms with E-state index in [0.717, 1.165) is 37.0 Å². The van der Waals surface area contributed by atoms with E-state index in [0.29, 0.717) is 10.7 Å². The highest BCUT2D eigenvalue weighted by molar-refractivity contribution is 7.13. The van der Waals surface area contributed by atoms with E-state index in [1.165, 1.54) is 30.4 Å². The van der Waals surface area contributed by atoms with Gasteiger partial charge in [-0.15, -0.1) is 11.3 Å². The third kappa shape index (κ3) is 5.25. The molecule has 6 nitrogen and oxygen atoms in total. The number of ether oxygens (including phenoxy) is 1. The van der Waals surface area contributed by atoms with Crippen molar-refractivity contribution in [2.24, 2.45) is 5.92 Å². The Labute approximate surface area is 174 Å². The maximum atomic E-state index is 12.6. The molecule has 3 aromatic rings. The molecule has 0 radical (unpaired) electrons. The second-order valence-electron chi connectivity index (χ2n) is 7.43. The summed E-state index contributed by atoms with van der Waals surface area (Å²) in [4.78, 5) is 19.6. The molecule has 1 aliphatic heterocycles. The van der Waals surface area contributed by atoms with E-state index in [4.69, 9.17) is 9.15 Å². The van der Waals surface area contributed by atoms with Gasteiger partial charge in [0.2, 0.25) is 0 Å². The summed E-state index contributed by atoms with van der Waals surface area (Å²) in [6, 6.07) is 11.2. The van der Waals surface area contributed by atoms with Crippen LogP contribution in [0.2, 0.25) is 0 Å². The summed E-state index contributed by atoms with van der Waals surface area (Å²) in [5.41, 5.74) is 1.69. The van der Waals surface area contributed by atoms with Crippen molar-refractivity contribution in [1.82, 2.24) is 9.88 Å². The van der Waals surface area contributed by atoms with Gasteiger partial charge in [-0.2, -0.15) is 0 Å². The molecule has 3 heterocycles. The molecular weight excluding hydrogens is 386 g/mol. The highest BCUT2D eigenvalue weighted by Gasteiger charge is 2.19. The standard InChI is InChI=1S/C22H25N3O3S/c1-16-7-10-25(11-8-16)13-18-15-29-22(23-18)24-21(26)20-17(9-12-27-20)14-28-19-5-3-2-4-6-19/h2-6,9,12,15-16H,7-8,10-11,13-14H2,1H3,(H,23,24,26). The monoisotopic (exact) mass is 411 g/mol. The van der Waals surface area contributed by atoms with Crippen molar-refractivity contribution in [2.45, 2.75) is 32.9 Å². The second kappa shape index (κ2) is 9.24. The fourth-order valence-corrected chi connectivity index (χ4v) is 4.06. The molecule has 0 spiro atoms. The lowest BCUT2D eigenvalue weighted by Crippen LogP contribution is -2.32. The maximum absolute atomic E-state index is 12.6. The molecule has 0 saturated carbocycles. The first kappa shape index (κ1) is 19.7. The van der Waals surface area contributed by atoms with E-state index in [1.54, 1.807) is 6.07 Å². The first-order chi connectivity index (χ1) is 14.2. The molecule has 4 rings (SSSR count).